The van der Waals surface area contributed by atoms with Gasteiger partial charge in [-0.25, -0.2) is 4.39 Å². The second kappa shape index (κ2) is 4.59. The molecule has 0 saturated heterocycles. The Bertz CT molecular complexity index is 337. The maximum Gasteiger partial charge on any atom is 0.171 e. The maximum atomic E-state index is 13.8. The first-order valence-electron chi connectivity index (χ1n) is 4.57. The Morgan fingerprint density at radius 2 is 2.07 bits per heavy atom. The molecule has 1 aromatic rings. The highest BCUT2D eigenvalue weighted by Crippen LogP contribution is 2.28. The lowest BCUT2D eigenvalue weighted by atomic mass is 9.96. The van der Waals surface area contributed by atoms with Crippen LogP contribution < -0.4 is 4.74 Å². The fourth-order valence-electron chi connectivity index (χ4n) is 1.44. The molecular weight excluding hydrogens is 199 g/mol. The molecule has 0 radical (unpaired) electrons. The summed E-state index contributed by atoms with van der Waals surface area (Å²) in [6, 6.07) is 4.64. The molecule has 1 unspecified atom stereocenters. The van der Waals surface area contributed by atoms with Gasteiger partial charge in [-0.2, -0.15) is 0 Å². The lowest BCUT2D eigenvalue weighted by molar-refractivity contribution is -0.0234. The zero-order valence-electron chi connectivity index (χ0n) is 9.08. The predicted molar refractivity (Wildman–Crippen MR) is 54.4 cm³/mol. The number of benzene rings is 1. The molecule has 0 fully saturated rings. The Morgan fingerprint density at radius 1 is 1.40 bits per heavy atom. The Morgan fingerprint density at radius 3 is 2.60 bits per heavy atom. The van der Waals surface area contributed by atoms with Gasteiger partial charge in [0.25, 0.3) is 0 Å². The number of hydrogen-bond acceptors (Lipinski definition) is 3. The molecule has 0 aliphatic rings. The molecule has 84 valence electrons. The molecule has 3 nitrogen and oxygen atoms in total. The van der Waals surface area contributed by atoms with E-state index in [0.29, 0.717) is 0 Å². The van der Waals surface area contributed by atoms with Crippen molar-refractivity contribution in [3.05, 3.63) is 29.6 Å². The normalized spacial score (nSPS) is 14.7. The average Bonchev–Trinajstić information content (AvgIpc) is 2.17. The molecular formula is C11H15FO3. The Balaban J connectivity index is 3.14. The van der Waals surface area contributed by atoms with Crippen LogP contribution in [0.5, 0.6) is 5.75 Å². The largest absolute Gasteiger partial charge is 0.494 e. The third-order valence-corrected chi connectivity index (χ3v) is 2.19. The zero-order valence-corrected chi connectivity index (χ0v) is 9.08. The summed E-state index contributed by atoms with van der Waals surface area (Å²) in [7, 11) is 2.83. The topological polar surface area (TPSA) is 38.7 Å². The number of halogens is 1. The second-order valence-electron chi connectivity index (χ2n) is 3.53. The van der Waals surface area contributed by atoms with Crippen LogP contribution in [0.15, 0.2) is 18.2 Å². The molecule has 0 amide bonds. The highest BCUT2D eigenvalue weighted by molar-refractivity contribution is 5.34. The van der Waals surface area contributed by atoms with Crippen LogP contribution in [0.2, 0.25) is 0 Å². The highest BCUT2D eigenvalue weighted by Gasteiger charge is 2.27. The van der Waals surface area contributed by atoms with Gasteiger partial charge in [-0.05, 0) is 13.0 Å². The third-order valence-electron chi connectivity index (χ3n) is 2.19. The molecule has 1 N–H and O–H groups in total. The monoisotopic (exact) mass is 214 g/mol. The van der Waals surface area contributed by atoms with Crippen molar-refractivity contribution in [3.63, 3.8) is 0 Å². The SMILES string of the molecule is COCC(C)(O)c1cccc(OC)c1F. The highest BCUT2D eigenvalue weighted by atomic mass is 19.1. The van der Waals surface area contributed by atoms with Crippen LogP contribution in [-0.2, 0) is 10.3 Å². The van der Waals surface area contributed by atoms with E-state index in [4.69, 9.17) is 9.47 Å². The predicted octanol–water partition coefficient (Wildman–Crippen LogP) is 1.69. The van der Waals surface area contributed by atoms with Gasteiger partial charge in [-0.3, -0.25) is 0 Å². The first kappa shape index (κ1) is 11.9. The van der Waals surface area contributed by atoms with Gasteiger partial charge in [0, 0.05) is 12.7 Å². The van der Waals surface area contributed by atoms with Crippen LogP contribution in [0.1, 0.15) is 12.5 Å². The summed E-state index contributed by atoms with van der Waals surface area (Å²) in [4.78, 5) is 0. The number of methoxy groups -OCH3 is 2. The van der Waals surface area contributed by atoms with Gasteiger partial charge in [0.1, 0.15) is 5.60 Å². The summed E-state index contributed by atoms with van der Waals surface area (Å²) in [5, 5.41) is 9.97. The van der Waals surface area contributed by atoms with Crippen LogP contribution in [0, 0.1) is 5.82 Å². The minimum Gasteiger partial charge on any atom is -0.494 e. The van der Waals surface area contributed by atoms with Crippen molar-refractivity contribution in [2.75, 3.05) is 20.8 Å². The summed E-state index contributed by atoms with van der Waals surface area (Å²) < 4.78 is 23.4. The van der Waals surface area contributed by atoms with Crippen LogP contribution >= 0.6 is 0 Å². The van der Waals surface area contributed by atoms with Crippen molar-refractivity contribution in [3.8, 4) is 5.75 Å². The van der Waals surface area contributed by atoms with E-state index in [9.17, 15) is 9.50 Å². The molecule has 1 aromatic carbocycles. The average molecular weight is 214 g/mol. The molecule has 0 heterocycles. The first-order valence-corrected chi connectivity index (χ1v) is 4.57. The van der Waals surface area contributed by atoms with E-state index in [0.717, 1.165) is 0 Å². The van der Waals surface area contributed by atoms with E-state index < -0.39 is 11.4 Å². The minimum absolute atomic E-state index is 0.0249. The van der Waals surface area contributed by atoms with Crippen LogP contribution in [0.4, 0.5) is 4.39 Å². The van der Waals surface area contributed by atoms with Gasteiger partial charge in [0.2, 0.25) is 0 Å². The van der Waals surface area contributed by atoms with E-state index in [1.54, 1.807) is 6.07 Å². The van der Waals surface area contributed by atoms with Gasteiger partial charge >= 0.3 is 0 Å². The molecule has 1 rings (SSSR count). The quantitative estimate of drug-likeness (QED) is 0.828. The number of ether oxygens (including phenoxy) is 2. The second-order valence-corrected chi connectivity index (χ2v) is 3.53. The number of rotatable bonds is 4. The smallest absolute Gasteiger partial charge is 0.171 e. The van der Waals surface area contributed by atoms with Crippen molar-refractivity contribution >= 4 is 0 Å². The van der Waals surface area contributed by atoms with E-state index in [1.807, 2.05) is 0 Å². The van der Waals surface area contributed by atoms with E-state index in [2.05, 4.69) is 0 Å². The third kappa shape index (κ3) is 2.46. The molecule has 1 atom stereocenters. The van der Waals surface area contributed by atoms with Crippen LogP contribution in [0.3, 0.4) is 0 Å². The number of aliphatic hydroxyl groups is 1. The van der Waals surface area contributed by atoms with Crippen molar-refractivity contribution in [2.24, 2.45) is 0 Å². The summed E-state index contributed by atoms with van der Waals surface area (Å²) in [5.41, 5.74) is -1.18. The summed E-state index contributed by atoms with van der Waals surface area (Å²) in [5.74, 6) is -0.439. The lowest BCUT2D eigenvalue weighted by Crippen LogP contribution is -2.28. The van der Waals surface area contributed by atoms with E-state index >= 15 is 0 Å². The first-order chi connectivity index (χ1) is 7.03. The van der Waals surface area contributed by atoms with Crippen molar-refractivity contribution < 1.29 is 19.0 Å². The van der Waals surface area contributed by atoms with Crippen molar-refractivity contribution in [1.82, 2.24) is 0 Å². The van der Waals surface area contributed by atoms with Gasteiger partial charge in [-0.15, -0.1) is 0 Å². The molecule has 4 heteroatoms. The van der Waals surface area contributed by atoms with Gasteiger partial charge in [0.05, 0.1) is 13.7 Å². The van der Waals surface area contributed by atoms with Gasteiger partial charge < -0.3 is 14.6 Å². The molecule has 0 aliphatic carbocycles. The molecule has 15 heavy (non-hydrogen) atoms. The van der Waals surface area contributed by atoms with E-state index in [-0.39, 0.29) is 17.9 Å². The summed E-state index contributed by atoms with van der Waals surface area (Å²) >= 11 is 0. The molecule has 0 spiro atoms. The summed E-state index contributed by atoms with van der Waals surface area (Å²) in [6.45, 7) is 1.52. The van der Waals surface area contributed by atoms with Crippen LogP contribution in [-0.4, -0.2) is 25.9 Å². The summed E-state index contributed by atoms with van der Waals surface area (Å²) in [6.07, 6.45) is 0. The Labute approximate surface area is 88.4 Å². The van der Waals surface area contributed by atoms with Crippen LogP contribution in [0.25, 0.3) is 0 Å². The molecule has 0 aliphatic heterocycles. The standard InChI is InChI=1S/C11H15FO3/c1-11(13,7-14-2)8-5-4-6-9(15-3)10(8)12/h4-6,13H,7H2,1-3H3. The van der Waals surface area contributed by atoms with Crippen molar-refractivity contribution in [1.29, 1.82) is 0 Å². The molecule has 0 bridgehead atoms. The lowest BCUT2D eigenvalue weighted by Gasteiger charge is -2.23. The fraction of sp³-hybridized carbons (Fsp3) is 0.455. The minimum atomic E-state index is -1.35. The fourth-order valence-corrected chi connectivity index (χ4v) is 1.44. The molecule has 0 saturated carbocycles. The van der Waals surface area contributed by atoms with E-state index in [1.165, 1.54) is 33.3 Å². The Kier molecular flexibility index (Phi) is 3.66. The number of hydrogen-bond donors (Lipinski definition) is 1. The maximum absolute atomic E-state index is 13.8. The zero-order chi connectivity index (χ0) is 11.5. The molecule has 0 aromatic heterocycles. The van der Waals surface area contributed by atoms with Gasteiger partial charge in [0.15, 0.2) is 11.6 Å². The van der Waals surface area contributed by atoms with Crippen molar-refractivity contribution in [2.45, 2.75) is 12.5 Å². The Hall–Kier alpha value is -1.13. The van der Waals surface area contributed by atoms with Gasteiger partial charge in [-0.1, -0.05) is 12.1 Å².